The first-order valence-electron chi connectivity index (χ1n) is 7.10. The number of aromatic nitrogens is 2. The van der Waals surface area contributed by atoms with Crippen molar-refractivity contribution in [3.8, 4) is 0 Å². The van der Waals surface area contributed by atoms with Crippen LogP contribution in [0, 0.1) is 19.8 Å². The summed E-state index contributed by atoms with van der Waals surface area (Å²) in [4.78, 5) is 2.58. The zero-order chi connectivity index (χ0) is 13.0. The van der Waals surface area contributed by atoms with Crippen LogP contribution in [-0.4, -0.2) is 41.3 Å². The number of rotatable bonds is 5. The lowest BCUT2D eigenvalue weighted by atomic mass is 10.0. The Kier molecular flexibility index (Phi) is 4.78. The summed E-state index contributed by atoms with van der Waals surface area (Å²) in [6, 6.07) is 0. The third-order valence-corrected chi connectivity index (χ3v) is 3.93. The van der Waals surface area contributed by atoms with Crippen LogP contribution in [0.5, 0.6) is 0 Å². The Bertz CT molecular complexity index is 352. The van der Waals surface area contributed by atoms with E-state index in [-0.39, 0.29) is 0 Å². The van der Waals surface area contributed by atoms with E-state index in [1.165, 1.54) is 43.7 Å². The second kappa shape index (κ2) is 6.34. The molecular weight excluding hydrogens is 224 g/mol. The smallest absolute Gasteiger partial charge is 0.0638 e. The monoisotopic (exact) mass is 250 g/mol. The van der Waals surface area contributed by atoms with E-state index in [1.807, 2.05) is 0 Å². The van der Waals surface area contributed by atoms with E-state index in [9.17, 15) is 0 Å². The SMILES string of the molecule is Cc1n[nH]c(C)c1CNCCN1CCC[C@@H](C)C1. The Balaban J connectivity index is 1.67. The number of hydrogen-bond acceptors (Lipinski definition) is 3. The van der Waals surface area contributed by atoms with Gasteiger partial charge in [0.2, 0.25) is 0 Å². The molecule has 1 aliphatic rings. The molecule has 102 valence electrons. The molecule has 2 N–H and O–H groups in total. The second-order valence-corrected chi connectivity index (χ2v) is 5.64. The van der Waals surface area contributed by atoms with E-state index in [0.29, 0.717) is 0 Å². The summed E-state index contributed by atoms with van der Waals surface area (Å²) in [7, 11) is 0. The van der Waals surface area contributed by atoms with Gasteiger partial charge in [-0.15, -0.1) is 0 Å². The molecule has 0 aromatic carbocycles. The lowest BCUT2D eigenvalue weighted by molar-refractivity contribution is 0.184. The molecule has 0 bridgehead atoms. The minimum atomic E-state index is 0.872. The molecule has 0 saturated carbocycles. The second-order valence-electron chi connectivity index (χ2n) is 5.64. The van der Waals surface area contributed by atoms with E-state index in [0.717, 1.165) is 24.7 Å². The first-order valence-corrected chi connectivity index (χ1v) is 7.10. The van der Waals surface area contributed by atoms with Crippen molar-refractivity contribution in [3.63, 3.8) is 0 Å². The zero-order valence-electron chi connectivity index (χ0n) is 11.9. The van der Waals surface area contributed by atoms with E-state index in [1.54, 1.807) is 0 Å². The highest BCUT2D eigenvalue weighted by Crippen LogP contribution is 2.14. The number of nitrogens with zero attached hydrogens (tertiary/aromatic N) is 2. The van der Waals surface area contributed by atoms with Crippen LogP contribution >= 0.6 is 0 Å². The maximum atomic E-state index is 4.22. The van der Waals surface area contributed by atoms with Crippen molar-refractivity contribution >= 4 is 0 Å². The highest BCUT2D eigenvalue weighted by Gasteiger charge is 2.15. The molecule has 1 aliphatic heterocycles. The lowest BCUT2D eigenvalue weighted by Crippen LogP contribution is -2.38. The van der Waals surface area contributed by atoms with Crippen molar-refractivity contribution < 1.29 is 0 Å². The summed E-state index contributed by atoms with van der Waals surface area (Å²) in [5.41, 5.74) is 3.63. The van der Waals surface area contributed by atoms with Crippen LogP contribution in [0.4, 0.5) is 0 Å². The molecule has 1 aromatic rings. The molecular formula is C14H26N4. The van der Waals surface area contributed by atoms with Gasteiger partial charge in [0.15, 0.2) is 0 Å². The number of likely N-dealkylation sites (tertiary alicyclic amines) is 1. The normalized spacial score (nSPS) is 21.4. The highest BCUT2D eigenvalue weighted by atomic mass is 15.1. The molecule has 2 rings (SSSR count). The average Bonchev–Trinajstić information content (AvgIpc) is 2.66. The van der Waals surface area contributed by atoms with Crippen LogP contribution < -0.4 is 5.32 Å². The number of hydrogen-bond donors (Lipinski definition) is 2. The summed E-state index contributed by atoms with van der Waals surface area (Å²) >= 11 is 0. The number of aryl methyl sites for hydroxylation is 2. The third kappa shape index (κ3) is 3.56. The maximum Gasteiger partial charge on any atom is 0.0638 e. The molecule has 1 aromatic heterocycles. The van der Waals surface area contributed by atoms with E-state index >= 15 is 0 Å². The van der Waals surface area contributed by atoms with Gasteiger partial charge in [-0.2, -0.15) is 5.10 Å². The van der Waals surface area contributed by atoms with Crippen LogP contribution in [0.15, 0.2) is 0 Å². The van der Waals surface area contributed by atoms with Gasteiger partial charge < -0.3 is 10.2 Å². The Morgan fingerprint density at radius 2 is 2.28 bits per heavy atom. The van der Waals surface area contributed by atoms with Gasteiger partial charge in [-0.05, 0) is 39.2 Å². The topological polar surface area (TPSA) is 44.0 Å². The van der Waals surface area contributed by atoms with Gasteiger partial charge in [-0.1, -0.05) is 6.92 Å². The first kappa shape index (κ1) is 13.6. The molecule has 2 heterocycles. The predicted molar refractivity (Wildman–Crippen MR) is 74.6 cm³/mol. The van der Waals surface area contributed by atoms with Gasteiger partial charge in [0.05, 0.1) is 5.69 Å². The Hall–Kier alpha value is -0.870. The van der Waals surface area contributed by atoms with Crippen molar-refractivity contribution in [2.24, 2.45) is 5.92 Å². The van der Waals surface area contributed by atoms with Gasteiger partial charge in [0.25, 0.3) is 0 Å². The lowest BCUT2D eigenvalue weighted by Gasteiger charge is -2.30. The predicted octanol–water partition coefficient (Wildman–Crippen LogP) is 1.85. The molecule has 0 amide bonds. The van der Waals surface area contributed by atoms with Gasteiger partial charge in [-0.3, -0.25) is 5.10 Å². The number of H-pyrrole nitrogens is 1. The number of aromatic amines is 1. The molecule has 1 fully saturated rings. The fraction of sp³-hybridized carbons (Fsp3) is 0.786. The largest absolute Gasteiger partial charge is 0.311 e. The summed E-state index contributed by atoms with van der Waals surface area (Å²) in [5, 5.41) is 10.8. The Morgan fingerprint density at radius 1 is 1.44 bits per heavy atom. The van der Waals surface area contributed by atoms with Crippen molar-refractivity contribution in [2.45, 2.75) is 40.2 Å². The van der Waals surface area contributed by atoms with Crippen molar-refractivity contribution in [1.29, 1.82) is 0 Å². The minimum Gasteiger partial charge on any atom is -0.311 e. The quantitative estimate of drug-likeness (QED) is 0.784. The molecule has 0 unspecified atom stereocenters. The molecule has 4 nitrogen and oxygen atoms in total. The van der Waals surface area contributed by atoms with Gasteiger partial charge in [0, 0.05) is 37.4 Å². The number of nitrogens with one attached hydrogen (secondary N) is 2. The van der Waals surface area contributed by atoms with Gasteiger partial charge >= 0.3 is 0 Å². The van der Waals surface area contributed by atoms with Crippen molar-refractivity contribution in [3.05, 3.63) is 17.0 Å². The molecule has 0 radical (unpaired) electrons. The van der Waals surface area contributed by atoms with E-state index < -0.39 is 0 Å². The fourth-order valence-corrected chi connectivity index (χ4v) is 2.77. The maximum absolute atomic E-state index is 4.22. The third-order valence-electron chi connectivity index (χ3n) is 3.93. The van der Waals surface area contributed by atoms with Gasteiger partial charge in [0.1, 0.15) is 0 Å². The van der Waals surface area contributed by atoms with Crippen LogP contribution in [-0.2, 0) is 6.54 Å². The van der Waals surface area contributed by atoms with Crippen LogP contribution in [0.1, 0.15) is 36.7 Å². The van der Waals surface area contributed by atoms with Crippen LogP contribution in [0.2, 0.25) is 0 Å². The van der Waals surface area contributed by atoms with E-state index in [4.69, 9.17) is 0 Å². The average molecular weight is 250 g/mol. The van der Waals surface area contributed by atoms with Crippen LogP contribution in [0.3, 0.4) is 0 Å². The van der Waals surface area contributed by atoms with Crippen molar-refractivity contribution in [2.75, 3.05) is 26.2 Å². The highest BCUT2D eigenvalue weighted by molar-refractivity contribution is 5.22. The molecule has 1 saturated heterocycles. The standard InChI is InChI=1S/C14H26N4/c1-11-5-4-7-18(10-11)8-6-15-9-14-12(2)16-17-13(14)3/h11,15H,4-10H2,1-3H3,(H,16,17)/t11-/m1/s1. The van der Waals surface area contributed by atoms with Gasteiger partial charge in [-0.25, -0.2) is 0 Å². The first-order chi connectivity index (χ1) is 8.66. The summed E-state index contributed by atoms with van der Waals surface area (Å²) < 4.78 is 0. The Morgan fingerprint density at radius 3 is 2.94 bits per heavy atom. The van der Waals surface area contributed by atoms with E-state index in [2.05, 4.69) is 41.2 Å². The summed E-state index contributed by atoms with van der Waals surface area (Å²) in [6.45, 7) is 12.2. The minimum absolute atomic E-state index is 0.872. The molecule has 4 heteroatoms. The molecule has 0 aliphatic carbocycles. The molecule has 0 spiro atoms. The summed E-state index contributed by atoms with van der Waals surface area (Å²) in [5.74, 6) is 0.872. The Labute approximate surface area is 110 Å². The fourth-order valence-electron chi connectivity index (χ4n) is 2.77. The molecule has 18 heavy (non-hydrogen) atoms. The summed E-state index contributed by atoms with van der Waals surface area (Å²) in [6.07, 6.45) is 2.76. The number of piperidine rings is 1. The molecule has 1 atom stereocenters. The zero-order valence-corrected chi connectivity index (χ0v) is 11.9. The van der Waals surface area contributed by atoms with Crippen LogP contribution in [0.25, 0.3) is 0 Å². The van der Waals surface area contributed by atoms with Crippen molar-refractivity contribution in [1.82, 2.24) is 20.4 Å².